The van der Waals surface area contributed by atoms with Crippen molar-refractivity contribution in [1.82, 2.24) is 5.32 Å². The van der Waals surface area contributed by atoms with Gasteiger partial charge in [-0.1, -0.05) is 38.3 Å². The van der Waals surface area contributed by atoms with E-state index in [4.69, 9.17) is 0 Å². The summed E-state index contributed by atoms with van der Waals surface area (Å²) in [4.78, 5) is 12.2. The highest BCUT2D eigenvalue weighted by atomic mass is 16.1. The normalized spacial score (nSPS) is 17.4. The Morgan fingerprint density at radius 1 is 1.29 bits per heavy atom. The van der Waals surface area contributed by atoms with Gasteiger partial charge in [-0.05, 0) is 49.9 Å². The molecule has 3 nitrogen and oxygen atoms in total. The van der Waals surface area contributed by atoms with E-state index in [9.17, 15) is 4.79 Å². The van der Waals surface area contributed by atoms with Gasteiger partial charge >= 0.3 is 0 Å². The summed E-state index contributed by atoms with van der Waals surface area (Å²) in [6, 6.07) is 8.47. The molecule has 0 saturated heterocycles. The Hall–Kier alpha value is -1.35. The molecule has 3 heteroatoms. The van der Waals surface area contributed by atoms with Crippen LogP contribution in [-0.4, -0.2) is 12.5 Å². The van der Waals surface area contributed by atoms with E-state index in [-0.39, 0.29) is 5.91 Å². The fraction of sp³-hybridized carbons (Fsp3) is 0.611. The van der Waals surface area contributed by atoms with E-state index < -0.39 is 0 Å². The number of nitrogens with one attached hydrogen (secondary N) is 2. The second kappa shape index (κ2) is 8.18. The first-order chi connectivity index (χ1) is 10.2. The number of hydrogen-bond donors (Lipinski definition) is 2. The fourth-order valence-corrected chi connectivity index (χ4v) is 3.18. The van der Waals surface area contributed by atoms with E-state index in [0.29, 0.717) is 18.4 Å². The summed E-state index contributed by atoms with van der Waals surface area (Å²) in [7, 11) is 0. The topological polar surface area (TPSA) is 41.1 Å². The van der Waals surface area contributed by atoms with Crippen molar-refractivity contribution in [2.45, 2.75) is 58.4 Å². The average Bonchev–Trinajstić information content (AvgIpc) is 2.48. The predicted octanol–water partition coefficient (Wildman–Crippen LogP) is 4.27. The van der Waals surface area contributed by atoms with Gasteiger partial charge in [0.1, 0.15) is 0 Å². The smallest absolute Gasteiger partial charge is 0.224 e. The van der Waals surface area contributed by atoms with Crippen LogP contribution in [0.25, 0.3) is 0 Å². The van der Waals surface area contributed by atoms with Crippen LogP contribution in [0.3, 0.4) is 0 Å². The first-order valence-corrected chi connectivity index (χ1v) is 8.32. The van der Waals surface area contributed by atoms with Crippen LogP contribution in [0.5, 0.6) is 0 Å². The van der Waals surface area contributed by atoms with Crippen LogP contribution in [0.1, 0.15) is 64.0 Å². The van der Waals surface area contributed by atoms with E-state index in [1.165, 1.54) is 37.7 Å². The molecule has 1 unspecified atom stereocenters. The largest absolute Gasteiger partial charge is 0.326 e. The minimum absolute atomic E-state index is 0.162. The van der Waals surface area contributed by atoms with E-state index >= 15 is 0 Å². The average molecular weight is 288 g/mol. The first-order valence-electron chi connectivity index (χ1n) is 8.32. The van der Waals surface area contributed by atoms with Crippen molar-refractivity contribution in [1.29, 1.82) is 0 Å². The lowest BCUT2D eigenvalue weighted by Crippen LogP contribution is -2.19. The van der Waals surface area contributed by atoms with Gasteiger partial charge in [-0.25, -0.2) is 0 Å². The molecular weight excluding hydrogens is 260 g/mol. The van der Waals surface area contributed by atoms with Gasteiger partial charge in [-0.3, -0.25) is 4.79 Å². The van der Waals surface area contributed by atoms with E-state index in [1.54, 1.807) is 0 Å². The molecule has 21 heavy (non-hydrogen) atoms. The Morgan fingerprint density at radius 2 is 2.05 bits per heavy atom. The molecule has 0 radical (unpaired) electrons. The first kappa shape index (κ1) is 16.0. The number of carbonyl (C=O) groups is 1. The molecule has 1 atom stereocenters. The van der Waals surface area contributed by atoms with Crippen LogP contribution in [0.4, 0.5) is 5.69 Å². The van der Waals surface area contributed by atoms with Crippen LogP contribution in [0.15, 0.2) is 24.3 Å². The van der Waals surface area contributed by atoms with Crippen LogP contribution in [0.2, 0.25) is 0 Å². The summed E-state index contributed by atoms with van der Waals surface area (Å²) in [5.41, 5.74) is 2.13. The molecule has 1 aliphatic carbocycles. The van der Waals surface area contributed by atoms with Crippen molar-refractivity contribution in [3.05, 3.63) is 29.8 Å². The maximum Gasteiger partial charge on any atom is 0.224 e. The standard InChI is InChI=1S/C18H28N2O/c1-3-19-14(2)16-10-7-11-17(13-16)20-18(21)12-15-8-5-4-6-9-15/h7,10-11,13-15,19H,3-6,8-9,12H2,1-2H3,(H,20,21). The third kappa shape index (κ3) is 5.16. The SMILES string of the molecule is CCNC(C)c1cccc(NC(=O)CC2CCCCC2)c1. The molecule has 0 aromatic heterocycles. The summed E-state index contributed by atoms with van der Waals surface area (Å²) in [6.45, 7) is 5.19. The van der Waals surface area contributed by atoms with Gasteiger partial charge in [-0.2, -0.15) is 0 Å². The molecule has 0 aliphatic heterocycles. The molecule has 1 aromatic carbocycles. The second-order valence-electron chi connectivity index (χ2n) is 6.16. The molecule has 0 heterocycles. The lowest BCUT2D eigenvalue weighted by molar-refractivity contribution is -0.117. The fourth-order valence-electron chi connectivity index (χ4n) is 3.18. The molecule has 1 saturated carbocycles. The quantitative estimate of drug-likeness (QED) is 0.821. The van der Waals surface area contributed by atoms with Gasteiger partial charge in [0.15, 0.2) is 0 Å². The Bertz CT molecular complexity index is 452. The van der Waals surface area contributed by atoms with Gasteiger partial charge in [0.2, 0.25) is 5.91 Å². The third-order valence-corrected chi connectivity index (χ3v) is 4.38. The Kier molecular flexibility index (Phi) is 6.24. The van der Waals surface area contributed by atoms with Crippen molar-refractivity contribution in [3.8, 4) is 0 Å². The molecule has 1 aromatic rings. The van der Waals surface area contributed by atoms with Gasteiger partial charge in [-0.15, -0.1) is 0 Å². The van der Waals surface area contributed by atoms with Gasteiger partial charge in [0, 0.05) is 18.2 Å². The highest BCUT2D eigenvalue weighted by molar-refractivity contribution is 5.90. The van der Waals surface area contributed by atoms with Gasteiger partial charge in [0.25, 0.3) is 0 Å². The van der Waals surface area contributed by atoms with E-state index in [2.05, 4.69) is 36.6 Å². The zero-order valence-electron chi connectivity index (χ0n) is 13.3. The van der Waals surface area contributed by atoms with Crippen LogP contribution < -0.4 is 10.6 Å². The molecule has 1 aliphatic rings. The lowest BCUT2D eigenvalue weighted by Gasteiger charge is -2.21. The molecule has 0 spiro atoms. The minimum Gasteiger partial charge on any atom is -0.326 e. The summed E-state index contributed by atoms with van der Waals surface area (Å²) in [6.07, 6.45) is 7.01. The Labute approximate surface area is 128 Å². The van der Waals surface area contributed by atoms with Crippen molar-refractivity contribution in [2.75, 3.05) is 11.9 Å². The van der Waals surface area contributed by atoms with Crippen molar-refractivity contribution < 1.29 is 4.79 Å². The molecule has 1 amide bonds. The van der Waals surface area contributed by atoms with Crippen LogP contribution >= 0.6 is 0 Å². The summed E-state index contributed by atoms with van der Waals surface area (Å²) >= 11 is 0. The zero-order chi connectivity index (χ0) is 15.1. The molecule has 116 valence electrons. The van der Waals surface area contributed by atoms with Crippen LogP contribution in [-0.2, 0) is 4.79 Å². The molecule has 1 fully saturated rings. The van der Waals surface area contributed by atoms with Crippen molar-refractivity contribution in [3.63, 3.8) is 0 Å². The monoisotopic (exact) mass is 288 g/mol. The van der Waals surface area contributed by atoms with Crippen molar-refractivity contribution in [2.24, 2.45) is 5.92 Å². The molecule has 2 N–H and O–H groups in total. The molecular formula is C18H28N2O. The number of rotatable bonds is 6. The highest BCUT2D eigenvalue weighted by Gasteiger charge is 2.17. The number of carbonyl (C=O) groups excluding carboxylic acids is 1. The highest BCUT2D eigenvalue weighted by Crippen LogP contribution is 2.26. The van der Waals surface area contributed by atoms with Gasteiger partial charge in [0.05, 0.1) is 0 Å². The van der Waals surface area contributed by atoms with Gasteiger partial charge < -0.3 is 10.6 Å². The Balaban J connectivity index is 1.89. The number of benzene rings is 1. The number of hydrogen-bond acceptors (Lipinski definition) is 2. The Morgan fingerprint density at radius 3 is 2.76 bits per heavy atom. The molecule has 0 bridgehead atoms. The number of amides is 1. The maximum absolute atomic E-state index is 12.2. The van der Waals surface area contributed by atoms with E-state index in [0.717, 1.165) is 12.2 Å². The lowest BCUT2D eigenvalue weighted by atomic mass is 9.87. The summed E-state index contributed by atoms with van der Waals surface area (Å²) in [5, 5.41) is 6.46. The van der Waals surface area contributed by atoms with Crippen molar-refractivity contribution >= 4 is 11.6 Å². The zero-order valence-corrected chi connectivity index (χ0v) is 13.3. The van der Waals surface area contributed by atoms with E-state index in [1.807, 2.05) is 12.1 Å². The number of anilines is 1. The third-order valence-electron chi connectivity index (χ3n) is 4.38. The molecule has 2 rings (SSSR count). The summed E-state index contributed by atoms with van der Waals surface area (Å²) in [5.74, 6) is 0.748. The predicted molar refractivity (Wildman–Crippen MR) is 88.4 cm³/mol. The van der Waals surface area contributed by atoms with Crippen LogP contribution in [0, 0.1) is 5.92 Å². The second-order valence-corrected chi connectivity index (χ2v) is 6.16. The summed E-state index contributed by atoms with van der Waals surface area (Å²) < 4.78 is 0. The maximum atomic E-state index is 12.2. The minimum atomic E-state index is 0.162.